The van der Waals surface area contributed by atoms with Gasteiger partial charge in [-0.1, -0.05) is 45.0 Å². The van der Waals surface area contributed by atoms with Crippen LogP contribution in [0.3, 0.4) is 0 Å². The number of oxazole rings is 1. The highest BCUT2D eigenvalue weighted by atomic mass is 16.3. The van der Waals surface area contributed by atoms with Gasteiger partial charge in [0.2, 0.25) is 5.89 Å². The summed E-state index contributed by atoms with van der Waals surface area (Å²) in [7, 11) is 0. The molecule has 20 heavy (non-hydrogen) atoms. The van der Waals surface area contributed by atoms with E-state index in [0.717, 1.165) is 16.7 Å². The fraction of sp³-hybridized carbons (Fsp3) is 0.278. The van der Waals surface area contributed by atoms with Crippen molar-refractivity contribution >= 4 is 11.1 Å². The largest absolute Gasteiger partial charge is 0.436 e. The summed E-state index contributed by atoms with van der Waals surface area (Å²) >= 11 is 0. The third kappa shape index (κ3) is 2.11. The van der Waals surface area contributed by atoms with E-state index in [1.54, 1.807) is 0 Å². The van der Waals surface area contributed by atoms with Crippen molar-refractivity contribution in [2.75, 3.05) is 0 Å². The van der Waals surface area contributed by atoms with Gasteiger partial charge in [-0.2, -0.15) is 0 Å². The van der Waals surface area contributed by atoms with Gasteiger partial charge in [-0.05, 0) is 41.7 Å². The van der Waals surface area contributed by atoms with Gasteiger partial charge in [0.05, 0.1) is 0 Å². The lowest BCUT2D eigenvalue weighted by Crippen LogP contribution is -2.14. The Kier molecular flexibility index (Phi) is 2.89. The number of benzene rings is 2. The fourth-order valence-electron chi connectivity index (χ4n) is 2.83. The lowest BCUT2D eigenvalue weighted by atomic mass is 9.81. The molecule has 0 fully saturated rings. The van der Waals surface area contributed by atoms with Gasteiger partial charge in [0.1, 0.15) is 5.52 Å². The number of nitrogens with zero attached hydrogens (tertiary/aromatic N) is 1. The highest BCUT2D eigenvalue weighted by molar-refractivity contribution is 5.77. The van der Waals surface area contributed by atoms with Gasteiger partial charge in [0.15, 0.2) is 5.58 Å². The van der Waals surface area contributed by atoms with Crippen LogP contribution in [0, 0.1) is 6.92 Å². The van der Waals surface area contributed by atoms with E-state index in [4.69, 9.17) is 4.42 Å². The number of hydrogen-bond donors (Lipinski definition) is 0. The van der Waals surface area contributed by atoms with Crippen molar-refractivity contribution in [1.82, 2.24) is 4.98 Å². The first-order valence-electron chi connectivity index (χ1n) is 6.93. The van der Waals surface area contributed by atoms with E-state index >= 15 is 0 Å². The molecule has 0 aliphatic rings. The summed E-state index contributed by atoms with van der Waals surface area (Å²) in [6.45, 7) is 8.82. The Balaban J connectivity index is 2.26. The second kappa shape index (κ2) is 4.48. The zero-order valence-electron chi connectivity index (χ0n) is 12.4. The molecule has 3 aromatic rings. The van der Waals surface area contributed by atoms with Gasteiger partial charge in [-0.15, -0.1) is 0 Å². The number of hydrogen-bond acceptors (Lipinski definition) is 2. The summed E-state index contributed by atoms with van der Waals surface area (Å²) in [5, 5.41) is 0. The number of aryl methyl sites for hydroxylation is 1. The average Bonchev–Trinajstić information content (AvgIpc) is 2.80. The molecule has 0 atom stereocenters. The molecule has 2 nitrogen and oxygen atoms in total. The average molecular weight is 265 g/mol. The Morgan fingerprint density at radius 1 is 0.950 bits per heavy atom. The minimum Gasteiger partial charge on any atom is -0.436 e. The van der Waals surface area contributed by atoms with Crippen LogP contribution < -0.4 is 0 Å². The summed E-state index contributed by atoms with van der Waals surface area (Å²) in [5.74, 6) is 0.708. The van der Waals surface area contributed by atoms with E-state index in [1.165, 1.54) is 11.1 Å². The first-order chi connectivity index (χ1) is 9.47. The Bertz CT molecular complexity index is 729. The van der Waals surface area contributed by atoms with Crippen LogP contribution in [0.1, 0.15) is 31.9 Å². The molecular formula is C18H19NO. The van der Waals surface area contributed by atoms with Crippen molar-refractivity contribution in [3.05, 3.63) is 53.6 Å². The number of rotatable bonds is 1. The van der Waals surface area contributed by atoms with E-state index in [-0.39, 0.29) is 5.41 Å². The van der Waals surface area contributed by atoms with Crippen LogP contribution in [0.25, 0.3) is 22.6 Å². The van der Waals surface area contributed by atoms with Crippen molar-refractivity contribution in [2.45, 2.75) is 33.1 Å². The van der Waals surface area contributed by atoms with Crippen LogP contribution in [-0.2, 0) is 5.41 Å². The van der Waals surface area contributed by atoms with Gasteiger partial charge < -0.3 is 4.42 Å². The molecule has 0 N–H and O–H groups in total. The van der Waals surface area contributed by atoms with Crippen LogP contribution in [0.2, 0.25) is 0 Å². The zero-order valence-corrected chi connectivity index (χ0v) is 12.4. The Labute approximate surface area is 119 Å². The maximum absolute atomic E-state index is 5.93. The highest BCUT2D eigenvalue weighted by Crippen LogP contribution is 2.36. The van der Waals surface area contributed by atoms with Gasteiger partial charge in [-0.25, -0.2) is 4.98 Å². The molecule has 0 spiro atoms. The van der Waals surface area contributed by atoms with Crippen molar-refractivity contribution in [2.24, 2.45) is 0 Å². The van der Waals surface area contributed by atoms with E-state index < -0.39 is 0 Å². The quantitative estimate of drug-likeness (QED) is 0.611. The van der Waals surface area contributed by atoms with Crippen LogP contribution in [-0.4, -0.2) is 4.98 Å². The zero-order chi connectivity index (χ0) is 14.3. The van der Waals surface area contributed by atoms with Gasteiger partial charge in [-0.3, -0.25) is 0 Å². The topological polar surface area (TPSA) is 26.0 Å². The molecule has 2 heteroatoms. The second-order valence-corrected chi connectivity index (χ2v) is 6.23. The van der Waals surface area contributed by atoms with Crippen molar-refractivity contribution in [3.63, 3.8) is 0 Å². The summed E-state index contributed by atoms with van der Waals surface area (Å²) < 4.78 is 5.93. The van der Waals surface area contributed by atoms with E-state index in [2.05, 4.69) is 50.9 Å². The predicted octanol–water partition coefficient (Wildman–Crippen LogP) is 5.10. The Hall–Kier alpha value is -2.09. The maximum atomic E-state index is 5.93. The predicted molar refractivity (Wildman–Crippen MR) is 82.9 cm³/mol. The normalized spacial score (nSPS) is 12.0. The maximum Gasteiger partial charge on any atom is 0.227 e. The summed E-state index contributed by atoms with van der Waals surface area (Å²) in [4.78, 5) is 4.63. The fourth-order valence-corrected chi connectivity index (χ4v) is 2.83. The van der Waals surface area contributed by atoms with E-state index in [1.807, 2.05) is 24.3 Å². The molecule has 0 amide bonds. The second-order valence-electron chi connectivity index (χ2n) is 6.23. The highest BCUT2D eigenvalue weighted by Gasteiger charge is 2.23. The first-order valence-corrected chi connectivity index (χ1v) is 6.93. The van der Waals surface area contributed by atoms with Crippen LogP contribution in [0.15, 0.2) is 46.9 Å². The van der Waals surface area contributed by atoms with Crippen LogP contribution in [0.5, 0.6) is 0 Å². The van der Waals surface area contributed by atoms with Crippen LogP contribution >= 0.6 is 0 Å². The monoisotopic (exact) mass is 265 g/mol. The molecule has 0 saturated carbocycles. The first kappa shape index (κ1) is 12.9. The Morgan fingerprint density at radius 2 is 1.70 bits per heavy atom. The Morgan fingerprint density at radius 3 is 2.40 bits per heavy atom. The lowest BCUT2D eigenvalue weighted by molar-refractivity contribution is 0.576. The van der Waals surface area contributed by atoms with Crippen molar-refractivity contribution in [3.8, 4) is 11.5 Å². The summed E-state index contributed by atoms with van der Waals surface area (Å²) in [6, 6.07) is 14.2. The SMILES string of the molecule is Cc1cccc(-c2nc3ccccc3o2)c1C(C)(C)C. The third-order valence-electron chi connectivity index (χ3n) is 3.55. The van der Waals surface area contributed by atoms with Crippen LogP contribution in [0.4, 0.5) is 0 Å². The molecule has 2 aromatic carbocycles. The molecule has 0 unspecified atom stereocenters. The molecular weight excluding hydrogens is 246 g/mol. The molecule has 0 bridgehead atoms. The number of para-hydroxylation sites is 2. The minimum absolute atomic E-state index is 0.0569. The molecule has 0 saturated heterocycles. The molecule has 0 aliphatic carbocycles. The number of fused-ring (bicyclic) bond motifs is 1. The molecule has 1 heterocycles. The summed E-state index contributed by atoms with van der Waals surface area (Å²) in [6.07, 6.45) is 0. The summed E-state index contributed by atoms with van der Waals surface area (Å²) in [5.41, 5.74) is 5.46. The number of aromatic nitrogens is 1. The molecule has 0 radical (unpaired) electrons. The van der Waals surface area contributed by atoms with Crippen molar-refractivity contribution in [1.29, 1.82) is 0 Å². The molecule has 102 valence electrons. The molecule has 1 aromatic heterocycles. The van der Waals surface area contributed by atoms with Crippen molar-refractivity contribution < 1.29 is 4.42 Å². The van der Waals surface area contributed by atoms with Gasteiger partial charge >= 0.3 is 0 Å². The molecule has 0 aliphatic heterocycles. The smallest absolute Gasteiger partial charge is 0.227 e. The molecule has 3 rings (SSSR count). The lowest BCUT2D eigenvalue weighted by Gasteiger charge is -2.24. The minimum atomic E-state index is 0.0569. The third-order valence-corrected chi connectivity index (χ3v) is 3.55. The van der Waals surface area contributed by atoms with E-state index in [9.17, 15) is 0 Å². The van der Waals surface area contributed by atoms with Gasteiger partial charge in [0, 0.05) is 5.56 Å². The standard InChI is InChI=1S/C18H19NO/c1-12-8-7-9-13(16(12)18(2,3)4)17-19-14-10-5-6-11-15(14)20-17/h5-11H,1-4H3. The van der Waals surface area contributed by atoms with E-state index in [0.29, 0.717) is 5.89 Å². The van der Waals surface area contributed by atoms with Gasteiger partial charge in [0.25, 0.3) is 0 Å².